The molecule has 2 saturated carbocycles. The van der Waals surface area contributed by atoms with Crippen LogP contribution in [0.1, 0.15) is 18.9 Å². The maximum Gasteiger partial charge on any atom is 0.310 e. The van der Waals surface area contributed by atoms with Crippen molar-refractivity contribution in [1.29, 1.82) is 0 Å². The van der Waals surface area contributed by atoms with Gasteiger partial charge in [-0.15, -0.1) is 0 Å². The van der Waals surface area contributed by atoms with Gasteiger partial charge in [0.25, 0.3) is 0 Å². The van der Waals surface area contributed by atoms with Gasteiger partial charge in [0.05, 0.1) is 18.4 Å². The number of fused-ring (bicyclic) bond motifs is 1. The van der Waals surface area contributed by atoms with Gasteiger partial charge in [0.2, 0.25) is 0 Å². The molecule has 0 unspecified atom stereocenters. The van der Waals surface area contributed by atoms with E-state index in [4.69, 9.17) is 21.1 Å². The molecule has 0 spiro atoms. The van der Waals surface area contributed by atoms with Crippen LogP contribution in [0, 0.1) is 35.5 Å². The van der Waals surface area contributed by atoms with Gasteiger partial charge >= 0.3 is 11.9 Å². The predicted octanol–water partition coefficient (Wildman–Crippen LogP) is 3.63. The zero-order valence-electron chi connectivity index (χ0n) is 14.1. The van der Waals surface area contributed by atoms with Gasteiger partial charge < -0.3 is 9.47 Å². The molecule has 0 amide bonds. The molecule has 0 heterocycles. The number of halogens is 1. The normalized spacial score (nSPS) is 34.3. The molecule has 5 heteroatoms. The van der Waals surface area contributed by atoms with Gasteiger partial charge in [-0.3, -0.25) is 9.59 Å². The summed E-state index contributed by atoms with van der Waals surface area (Å²) < 4.78 is 10.8. The highest BCUT2D eigenvalue weighted by Crippen LogP contribution is 2.63. The second-order valence-electron chi connectivity index (χ2n) is 7.11. The standard InChI is InChI=1S/C20H21ClO4/c1-2-24-19(22)17-12-7-8-13(15-9-14(12)15)18(17)20(23)25-10-11-5-3-4-6-16(11)21/h3-8,12-15,17-18H,2,9-10H2,1H3/t12-,13-,14-,15-,17-,18+/m1/s1. The zero-order chi connectivity index (χ0) is 17.6. The molecule has 2 fully saturated rings. The van der Waals surface area contributed by atoms with Gasteiger partial charge in [-0.2, -0.15) is 0 Å². The average molecular weight is 361 g/mol. The SMILES string of the molecule is CCOC(=O)[C@@H]1[C@@H]2C=C[C@H]([C@H]3C[C@H]23)[C@@H]1C(=O)OCc1ccccc1Cl. The lowest BCUT2D eigenvalue weighted by Crippen LogP contribution is -2.47. The van der Waals surface area contributed by atoms with Crippen LogP contribution < -0.4 is 0 Å². The van der Waals surface area contributed by atoms with Crippen LogP contribution in [0.2, 0.25) is 5.02 Å². The quantitative estimate of drug-likeness (QED) is 0.594. The van der Waals surface area contributed by atoms with Crippen molar-refractivity contribution >= 4 is 23.5 Å². The molecule has 2 bridgehead atoms. The lowest BCUT2D eigenvalue weighted by molar-refractivity contribution is -0.168. The van der Waals surface area contributed by atoms with Gasteiger partial charge in [0.15, 0.2) is 0 Å². The van der Waals surface area contributed by atoms with Crippen molar-refractivity contribution < 1.29 is 19.1 Å². The minimum atomic E-state index is -0.444. The average Bonchev–Trinajstić information content (AvgIpc) is 3.43. The van der Waals surface area contributed by atoms with Crippen LogP contribution in [-0.4, -0.2) is 18.5 Å². The number of rotatable bonds is 5. The van der Waals surface area contributed by atoms with E-state index in [1.807, 2.05) is 18.2 Å². The van der Waals surface area contributed by atoms with Crippen LogP contribution in [0.25, 0.3) is 0 Å². The van der Waals surface area contributed by atoms with E-state index in [1.165, 1.54) is 0 Å². The summed E-state index contributed by atoms with van der Waals surface area (Å²) in [7, 11) is 0. The third-order valence-corrected chi connectivity index (χ3v) is 6.18. The van der Waals surface area contributed by atoms with E-state index in [-0.39, 0.29) is 30.4 Å². The molecule has 0 saturated heterocycles. The topological polar surface area (TPSA) is 52.6 Å². The van der Waals surface area contributed by atoms with Crippen molar-refractivity contribution in [2.24, 2.45) is 35.5 Å². The van der Waals surface area contributed by atoms with E-state index in [0.717, 1.165) is 12.0 Å². The number of hydrogen-bond acceptors (Lipinski definition) is 4. The Hall–Kier alpha value is -1.81. The number of carbonyl (C=O) groups excluding carboxylic acids is 2. The van der Waals surface area contributed by atoms with E-state index in [2.05, 4.69) is 12.2 Å². The fraction of sp³-hybridized carbons (Fsp3) is 0.500. The van der Waals surface area contributed by atoms with E-state index in [0.29, 0.717) is 23.5 Å². The molecule has 1 aromatic carbocycles. The van der Waals surface area contributed by atoms with E-state index in [9.17, 15) is 9.59 Å². The van der Waals surface area contributed by atoms with Crippen molar-refractivity contribution in [2.75, 3.05) is 6.61 Å². The molecule has 4 nitrogen and oxygen atoms in total. The monoisotopic (exact) mass is 360 g/mol. The third kappa shape index (κ3) is 2.86. The summed E-state index contributed by atoms with van der Waals surface area (Å²) in [5.74, 6) is -0.224. The Labute approximate surface area is 152 Å². The predicted molar refractivity (Wildman–Crippen MR) is 92.6 cm³/mol. The van der Waals surface area contributed by atoms with Crippen LogP contribution in [0.15, 0.2) is 36.4 Å². The number of ether oxygens (including phenoxy) is 2. The van der Waals surface area contributed by atoms with Crippen LogP contribution in [-0.2, 0) is 25.7 Å². The second-order valence-corrected chi connectivity index (χ2v) is 7.51. The van der Waals surface area contributed by atoms with Gasteiger partial charge in [-0.25, -0.2) is 0 Å². The summed E-state index contributed by atoms with van der Waals surface area (Å²) in [6, 6.07) is 7.30. The first-order chi connectivity index (χ1) is 12.1. The number of esters is 2. The van der Waals surface area contributed by atoms with Crippen LogP contribution in [0.4, 0.5) is 0 Å². The molecule has 0 aromatic heterocycles. The first-order valence-corrected chi connectivity index (χ1v) is 9.24. The Balaban J connectivity index is 1.52. The van der Waals surface area contributed by atoms with Crippen molar-refractivity contribution in [3.8, 4) is 0 Å². The Bertz CT molecular complexity index is 728. The summed E-state index contributed by atoms with van der Waals surface area (Å²) in [6.07, 6.45) is 5.31. The number of benzene rings is 1. The van der Waals surface area contributed by atoms with E-state index < -0.39 is 11.8 Å². The molecule has 4 aliphatic carbocycles. The van der Waals surface area contributed by atoms with Crippen molar-refractivity contribution in [3.05, 3.63) is 47.0 Å². The highest BCUT2D eigenvalue weighted by atomic mass is 35.5. The van der Waals surface area contributed by atoms with Crippen molar-refractivity contribution in [1.82, 2.24) is 0 Å². The molecule has 1 aromatic rings. The largest absolute Gasteiger partial charge is 0.466 e. The smallest absolute Gasteiger partial charge is 0.310 e. The first-order valence-electron chi connectivity index (χ1n) is 8.86. The zero-order valence-corrected chi connectivity index (χ0v) is 14.8. The summed E-state index contributed by atoms with van der Waals surface area (Å²) in [5.41, 5.74) is 0.769. The maximum absolute atomic E-state index is 12.8. The minimum absolute atomic E-state index is 0.0863. The summed E-state index contributed by atoms with van der Waals surface area (Å²) in [5, 5.41) is 0.574. The van der Waals surface area contributed by atoms with Crippen LogP contribution in [0.5, 0.6) is 0 Å². The van der Waals surface area contributed by atoms with Crippen molar-refractivity contribution in [2.45, 2.75) is 20.0 Å². The molecule has 6 atom stereocenters. The first kappa shape index (κ1) is 16.6. The Morgan fingerprint density at radius 1 is 1.04 bits per heavy atom. The van der Waals surface area contributed by atoms with E-state index in [1.54, 1.807) is 13.0 Å². The number of carbonyl (C=O) groups is 2. The van der Waals surface area contributed by atoms with Gasteiger partial charge in [0, 0.05) is 10.6 Å². The number of hydrogen-bond donors (Lipinski definition) is 0. The fourth-order valence-corrected chi connectivity index (χ4v) is 4.81. The molecule has 0 N–H and O–H groups in total. The van der Waals surface area contributed by atoms with Crippen LogP contribution in [0.3, 0.4) is 0 Å². The van der Waals surface area contributed by atoms with Crippen molar-refractivity contribution in [3.63, 3.8) is 0 Å². The highest BCUT2D eigenvalue weighted by Gasteiger charge is 2.63. The third-order valence-electron chi connectivity index (χ3n) is 5.81. The molecule has 132 valence electrons. The summed E-state index contributed by atoms with van der Waals surface area (Å²) in [4.78, 5) is 25.4. The van der Waals surface area contributed by atoms with E-state index >= 15 is 0 Å². The molecular weight excluding hydrogens is 340 g/mol. The Kier molecular flexibility index (Phi) is 4.32. The second kappa shape index (κ2) is 6.49. The van der Waals surface area contributed by atoms with Gasteiger partial charge in [-0.05, 0) is 43.1 Å². The molecule has 4 aliphatic rings. The minimum Gasteiger partial charge on any atom is -0.466 e. The maximum atomic E-state index is 12.8. The molecular formula is C20H21ClO4. The molecule has 25 heavy (non-hydrogen) atoms. The summed E-state index contributed by atoms with van der Waals surface area (Å²) >= 11 is 6.13. The van der Waals surface area contributed by atoms with Gasteiger partial charge in [-0.1, -0.05) is 42.0 Å². The Morgan fingerprint density at radius 2 is 1.64 bits per heavy atom. The molecule has 0 radical (unpaired) electrons. The summed E-state index contributed by atoms with van der Waals surface area (Å²) in [6.45, 7) is 2.24. The highest BCUT2D eigenvalue weighted by molar-refractivity contribution is 6.31. The molecule has 5 rings (SSSR count). The fourth-order valence-electron chi connectivity index (χ4n) is 4.62. The Morgan fingerprint density at radius 3 is 2.24 bits per heavy atom. The molecule has 0 aliphatic heterocycles. The lowest BCUT2D eigenvalue weighted by Gasteiger charge is -2.41. The number of allylic oxidation sites excluding steroid dienone is 2. The van der Waals surface area contributed by atoms with Gasteiger partial charge in [0.1, 0.15) is 6.61 Å². The van der Waals surface area contributed by atoms with Crippen LogP contribution >= 0.6 is 11.6 Å². The lowest BCUT2D eigenvalue weighted by atomic mass is 9.62.